The first-order valence-corrected chi connectivity index (χ1v) is 16.5. The van der Waals surface area contributed by atoms with Crippen LogP contribution in [-0.2, 0) is 29.2 Å². The van der Waals surface area contributed by atoms with Gasteiger partial charge in [0, 0.05) is 44.7 Å². The zero-order valence-electron chi connectivity index (χ0n) is 28.0. The molecule has 6 rings (SSSR count). The zero-order chi connectivity index (χ0) is 33.7. The van der Waals surface area contributed by atoms with Crippen LogP contribution in [0, 0.1) is 5.41 Å². The number of amides is 2. The Balaban J connectivity index is 1.28. The van der Waals surface area contributed by atoms with Crippen LogP contribution in [0.15, 0.2) is 84.9 Å². The van der Waals surface area contributed by atoms with E-state index in [1.807, 2.05) is 35.2 Å². The number of fused-ring (bicyclic) bond motifs is 1. The Labute approximate surface area is 282 Å². The summed E-state index contributed by atoms with van der Waals surface area (Å²) in [5.74, 6) is 1.06. The maximum absolute atomic E-state index is 13.6. The van der Waals surface area contributed by atoms with Crippen molar-refractivity contribution in [3.05, 3.63) is 107 Å². The van der Waals surface area contributed by atoms with E-state index in [2.05, 4.69) is 67.4 Å². The number of morpholine rings is 1. The van der Waals surface area contributed by atoms with Crippen LogP contribution in [0.2, 0.25) is 0 Å². The summed E-state index contributed by atoms with van der Waals surface area (Å²) in [6.07, 6.45) is 0.443. The van der Waals surface area contributed by atoms with E-state index < -0.39 is 0 Å². The summed E-state index contributed by atoms with van der Waals surface area (Å²) in [6.45, 7) is 10.5. The van der Waals surface area contributed by atoms with Crippen molar-refractivity contribution in [3.8, 4) is 22.6 Å². The molecular formula is C39H44N4O5. The minimum absolute atomic E-state index is 0.106. The highest BCUT2D eigenvalue weighted by atomic mass is 16.7. The van der Waals surface area contributed by atoms with Crippen molar-refractivity contribution in [2.75, 3.05) is 43.3 Å². The van der Waals surface area contributed by atoms with Gasteiger partial charge in [-0.25, -0.2) is 0 Å². The number of rotatable bonds is 10. The second-order valence-electron chi connectivity index (χ2n) is 13.6. The molecule has 0 atom stereocenters. The third-order valence-electron chi connectivity index (χ3n) is 8.50. The third kappa shape index (κ3) is 8.16. The number of ether oxygens (including phenoxy) is 3. The van der Waals surface area contributed by atoms with Crippen molar-refractivity contribution >= 4 is 23.2 Å². The van der Waals surface area contributed by atoms with Crippen molar-refractivity contribution in [1.29, 1.82) is 0 Å². The molecule has 1 fully saturated rings. The highest BCUT2D eigenvalue weighted by Crippen LogP contribution is 2.35. The Morgan fingerprint density at radius 3 is 2.25 bits per heavy atom. The average molecular weight is 649 g/mol. The van der Waals surface area contributed by atoms with Gasteiger partial charge in [-0.3, -0.25) is 9.59 Å². The Bertz CT molecular complexity index is 1780. The summed E-state index contributed by atoms with van der Waals surface area (Å²) < 4.78 is 16.5. The average Bonchev–Trinajstić information content (AvgIpc) is 3.56. The van der Waals surface area contributed by atoms with E-state index >= 15 is 0 Å². The second kappa shape index (κ2) is 14.5. The summed E-state index contributed by atoms with van der Waals surface area (Å²) in [6, 6.07) is 27.7. The summed E-state index contributed by atoms with van der Waals surface area (Å²) in [4.78, 5) is 31.3. The lowest BCUT2D eigenvalue weighted by molar-refractivity contribution is -0.134. The smallest absolute Gasteiger partial charge is 0.255 e. The summed E-state index contributed by atoms with van der Waals surface area (Å²) in [5, 5.41) is 3.17. The predicted molar refractivity (Wildman–Crippen MR) is 188 cm³/mol. The number of hydrogen-bond donors (Lipinski definition) is 2. The van der Waals surface area contributed by atoms with Crippen LogP contribution < -0.4 is 25.4 Å². The van der Waals surface area contributed by atoms with Crippen LogP contribution in [-0.4, -0.2) is 49.8 Å². The van der Waals surface area contributed by atoms with Crippen LogP contribution >= 0.6 is 0 Å². The van der Waals surface area contributed by atoms with Gasteiger partial charge in [0.25, 0.3) is 5.91 Å². The van der Waals surface area contributed by atoms with E-state index in [4.69, 9.17) is 19.9 Å². The molecule has 2 heterocycles. The molecule has 4 aromatic carbocycles. The molecule has 2 amide bonds. The highest BCUT2D eigenvalue weighted by molar-refractivity contribution is 6.06. The molecule has 1 saturated heterocycles. The van der Waals surface area contributed by atoms with Crippen molar-refractivity contribution in [2.24, 2.45) is 11.1 Å². The van der Waals surface area contributed by atoms with E-state index in [0.29, 0.717) is 62.0 Å². The number of nitrogens with zero attached hydrogens (tertiary/aromatic N) is 2. The van der Waals surface area contributed by atoms with Gasteiger partial charge in [0.2, 0.25) is 12.7 Å². The molecule has 2 aliphatic rings. The normalized spacial score (nSPS) is 14.1. The molecular weight excluding hydrogens is 604 g/mol. The summed E-state index contributed by atoms with van der Waals surface area (Å²) in [5.41, 5.74) is 13.0. The summed E-state index contributed by atoms with van der Waals surface area (Å²) >= 11 is 0. The van der Waals surface area contributed by atoms with Gasteiger partial charge >= 0.3 is 0 Å². The van der Waals surface area contributed by atoms with E-state index in [1.54, 1.807) is 18.2 Å². The van der Waals surface area contributed by atoms with Gasteiger partial charge < -0.3 is 35.1 Å². The van der Waals surface area contributed by atoms with Gasteiger partial charge in [-0.1, -0.05) is 69.3 Å². The van der Waals surface area contributed by atoms with Gasteiger partial charge in [-0.15, -0.1) is 0 Å². The van der Waals surface area contributed by atoms with Crippen LogP contribution in [0.25, 0.3) is 11.1 Å². The fourth-order valence-electron chi connectivity index (χ4n) is 6.07. The SMILES string of the molecule is CC(C)(C)CC(=O)N(Cc1cccc(CN)c1)Cc1cccc(-c2ccc(N3CCOCC3)c(NC(=O)c3ccc4c(c3)OCO4)c2)c1. The molecule has 0 aliphatic carbocycles. The maximum atomic E-state index is 13.6. The molecule has 0 aromatic heterocycles. The molecule has 0 unspecified atom stereocenters. The maximum Gasteiger partial charge on any atom is 0.255 e. The van der Waals surface area contributed by atoms with Gasteiger partial charge in [0.1, 0.15) is 0 Å². The van der Waals surface area contributed by atoms with Crippen LogP contribution in [0.5, 0.6) is 11.5 Å². The fourth-order valence-corrected chi connectivity index (χ4v) is 6.07. The molecule has 0 spiro atoms. The van der Waals surface area contributed by atoms with E-state index in [0.717, 1.165) is 46.6 Å². The lowest BCUT2D eigenvalue weighted by Crippen LogP contribution is -2.36. The van der Waals surface area contributed by atoms with E-state index in [1.165, 1.54) is 0 Å². The molecule has 48 heavy (non-hydrogen) atoms. The zero-order valence-corrected chi connectivity index (χ0v) is 28.0. The first kappa shape index (κ1) is 33.1. The Morgan fingerprint density at radius 1 is 0.812 bits per heavy atom. The van der Waals surface area contributed by atoms with Crippen LogP contribution in [0.3, 0.4) is 0 Å². The fraction of sp³-hybridized carbons (Fsp3) is 0.333. The second-order valence-corrected chi connectivity index (χ2v) is 13.6. The van der Waals surface area contributed by atoms with E-state index in [-0.39, 0.29) is 24.0 Å². The minimum atomic E-state index is -0.236. The molecule has 2 aliphatic heterocycles. The molecule has 250 valence electrons. The number of hydrogen-bond acceptors (Lipinski definition) is 7. The van der Waals surface area contributed by atoms with Gasteiger partial charge in [-0.05, 0) is 69.6 Å². The first-order valence-electron chi connectivity index (χ1n) is 16.5. The van der Waals surface area contributed by atoms with Crippen molar-refractivity contribution in [2.45, 2.75) is 46.8 Å². The minimum Gasteiger partial charge on any atom is -0.454 e. The lowest BCUT2D eigenvalue weighted by atomic mass is 9.91. The number of nitrogens with one attached hydrogen (secondary N) is 1. The number of anilines is 2. The van der Waals surface area contributed by atoms with E-state index in [9.17, 15) is 9.59 Å². The molecule has 9 nitrogen and oxygen atoms in total. The number of carbonyl (C=O) groups is 2. The lowest BCUT2D eigenvalue weighted by Gasteiger charge is -2.31. The number of nitrogens with two attached hydrogens (primary N) is 1. The molecule has 0 saturated carbocycles. The Kier molecular flexibility index (Phi) is 9.98. The highest BCUT2D eigenvalue weighted by Gasteiger charge is 2.23. The topological polar surface area (TPSA) is 106 Å². The molecule has 3 N–H and O–H groups in total. The Morgan fingerprint density at radius 2 is 1.50 bits per heavy atom. The van der Waals surface area contributed by atoms with Gasteiger partial charge in [0.15, 0.2) is 11.5 Å². The first-order chi connectivity index (χ1) is 23.1. The Hall–Kier alpha value is -4.86. The van der Waals surface area contributed by atoms with Crippen molar-refractivity contribution < 1.29 is 23.8 Å². The van der Waals surface area contributed by atoms with Crippen LogP contribution in [0.1, 0.15) is 54.2 Å². The predicted octanol–water partition coefficient (Wildman–Crippen LogP) is 6.59. The van der Waals surface area contributed by atoms with Gasteiger partial charge in [0.05, 0.1) is 24.6 Å². The van der Waals surface area contributed by atoms with Crippen LogP contribution in [0.4, 0.5) is 11.4 Å². The number of carbonyl (C=O) groups excluding carboxylic acids is 2. The molecule has 0 radical (unpaired) electrons. The largest absolute Gasteiger partial charge is 0.454 e. The molecule has 4 aromatic rings. The summed E-state index contributed by atoms with van der Waals surface area (Å²) in [7, 11) is 0. The monoisotopic (exact) mass is 648 g/mol. The molecule has 9 heteroatoms. The van der Waals surface area contributed by atoms with Gasteiger partial charge in [-0.2, -0.15) is 0 Å². The molecule has 0 bridgehead atoms. The van der Waals surface area contributed by atoms with Crippen molar-refractivity contribution in [3.63, 3.8) is 0 Å². The number of benzene rings is 4. The third-order valence-corrected chi connectivity index (χ3v) is 8.50. The quantitative estimate of drug-likeness (QED) is 0.200. The standard InChI is InChI=1S/C39H44N4O5/c1-39(2,3)22-37(44)43(24-28-7-4-6-27(18-28)23-40)25-29-8-5-9-30(19-29)31-10-12-34(42-14-16-46-17-15-42)33(20-31)41-38(45)32-11-13-35-36(21-32)48-26-47-35/h4-13,18-21H,14-17,22-26,40H2,1-3H3,(H,41,45). The van der Waals surface area contributed by atoms with Crippen molar-refractivity contribution in [1.82, 2.24) is 4.90 Å².